The van der Waals surface area contributed by atoms with Gasteiger partial charge in [0.2, 0.25) is 0 Å². The van der Waals surface area contributed by atoms with Gasteiger partial charge in [-0.1, -0.05) is 0 Å². The number of hydrogen-bond acceptors (Lipinski definition) is 5. The van der Waals surface area contributed by atoms with Gasteiger partial charge in [0.15, 0.2) is 0 Å². The molecule has 0 spiro atoms. The van der Waals surface area contributed by atoms with Crippen LogP contribution in [0, 0.1) is 17.0 Å². The van der Waals surface area contributed by atoms with Crippen molar-refractivity contribution in [2.75, 3.05) is 38.1 Å². The molecular weight excluding hydrogens is 220 g/mol. The van der Waals surface area contributed by atoms with E-state index < -0.39 is 4.92 Å². The number of nitrogens with zero attached hydrogens (tertiary/aromatic N) is 4. The summed E-state index contributed by atoms with van der Waals surface area (Å²) in [7, 11) is 2.09. The fourth-order valence-corrected chi connectivity index (χ4v) is 2.00. The van der Waals surface area contributed by atoms with E-state index in [4.69, 9.17) is 0 Å². The summed E-state index contributed by atoms with van der Waals surface area (Å²) in [6.07, 6.45) is 1.33. The summed E-state index contributed by atoms with van der Waals surface area (Å²) in [6.45, 7) is 5.70. The van der Waals surface area contributed by atoms with Crippen molar-refractivity contribution in [3.8, 4) is 0 Å². The number of hydrogen-bond donors (Lipinski definition) is 0. The Morgan fingerprint density at radius 1 is 1.35 bits per heavy atom. The Labute approximate surface area is 100 Å². The average molecular weight is 236 g/mol. The maximum absolute atomic E-state index is 10.6. The number of rotatable bonds is 2. The van der Waals surface area contributed by atoms with Crippen LogP contribution in [0.25, 0.3) is 0 Å². The molecule has 1 aliphatic rings. The molecule has 1 fully saturated rings. The first-order valence-electron chi connectivity index (χ1n) is 5.62. The molecule has 92 valence electrons. The topological polar surface area (TPSA) is 62.5 Å². The Morgan fingerprint density at radius 2 is 2.00 bits per heavy atom. The van der Waals surface area contributed by atoms with Gasteiger partial charge in [-0.2, -0.15) is 0 Å². The number of likely N-dealkylation sites (N-methyl/N-ethyl adjacent to an activating group) is 1. The summed E-state index contributed by atoms with van der Waals surface area (Å²) in [4.78, 5) is 18.9. The van der Waals surface area contributed by atoms with Crippen molar-refractivity contribution in [3.05, 3.63) is 27.9 Å². The van der Waals surface area contributed by atoms with Gasteiger partial charge in [-0.15, -0.1) is 0 Å². The Balaban J connectivity index is 2.19. The molecule has 6 heteroatoms. The second-order valence-corrected chi connectivity index (χ2v) is 4.38. The van der Waals surface area contributed by atoms with Gasteiger partial charge in [-0.3, -0.25) is 10.1 Å². The smallest absolute Gasteiger partial charge is 0.287 e. The molecule has 17 heavy (non-hydrogen) atoms. The number of aryl methyl sites for hydroxylation is 1. The van der Waals surface area contributed by atoms with Gasteiger partial charge in [0.1, 0.15) is 12.0 Å². The minimum absolute atomic E-state index is 0.0559. The summed E-state index contributed by atoms with van der Waals surface area (Å²) in [5.41, 5.74) is 0.920. The van der Waals surface area contributed by atoms with Gasteiger partial charge < -0.3 is 9.80 Å². The number of anilines is 1. The monoisotopic (exact) mass is 236 g/mol. The number of piperazine rings is 1. The lowest BCUT2D eigenvalue weighted by molar-refractivity contribution is -0.385. The van der Waals surface area contributed by atoms with Gasteiger partial charge in [-0.25, -0.2) is 4.98 Å². The Bertz CT molecular complexity index is 427. The highest BCUT2D eigenvalue weighted by Crippen LogP contribution is 2.22. The first kappa shape index (κ1) is 11.8. The summed E-state index contributed by atoms with van der Waals surface area (Å²) in [5, 5.41) is 10.6. The Morgan fingerprint density at radius 3 is 2.53 bits per heavy atom. The van der Waals surface area contributed by atoms with Gasteiger partial charge in [0.25, 0.3) is 5.69 Å². The molecule has 1 aliphatic heterocycles. The fraction of sp³-hybridized carbons (Fsp3) is 0.545. The van der Waals surface area contributed by atoms with Crippen LogP contribution in [0.5, 0.6) is 0 Å². The number of nitro groups is 1. The van der Waals surface area contributed by atoms with Crippen LogP contribution in [0.15, 0.2) is 12.3 Å². The van der Waals surface area contributed by atoms with Crippen LogP contribution < -0.4 is 4.90 Å². The van der Waals surface area contributed by atoms with Crippen molar-refractivity contribution in [3.63, 3.8) is 0 Å². The van der Waals surface area contributed by atoms with Crippen molar-refractivity contribution in [1.29, 1.82) is 0 Å². The van der Waals surface area contributed by atoms with Crippen molar-refractivity contribution in [2.45, 2.75) is 6.92 Å². The largest absolute Gasteiger partial charge is 0.354 e. The first-order valence-corrected chi connectivity index (χ1v) is 5.62. The molecule has 0 unspecified atom stereocenters. The maximum Gasteiger partial charge on any atom is 0.287 e. The minimum atomic E-state index is -0.409. The zero-order chi connectivity index (χ0) is 12.4. The molecule has 1 saturated heterocycles. The van der Waals surface area contributed by atoms with E-state index in [-0.39, 0.29) is 5.69 Å². The fourth-order valence-electron chi connectivity index (χ4n) is 2.00. The molecule has 0 aliphatic carbocycles. The lowest BCUT2D eigenvalue weighted by Gasteiger charge is -2.33. The van der Waals surface area contributed by atoms with Crippen LogP contribution >= 0.6 is 0 Å². The molecule has 2 rings (SSSR count). The van der Waals surface area contributed by atoms with Gasteiger partial charge in [0.05, 0.1) is 4.92 Å². The SMILES string of the molecule is Cc1cc([N+](=O)[O-])cnc1N1CCN(C)CC1. The number of pyridine rings is 1. The summed E-state index contributed by atoms with van der Waals surface area (Å²) >= 11 is 0. The highest BCUT2D eigenvalue weighted by molar-refractivity contribution is 5.50. The lowest BCUT2D eigenvalue weighted by Crippen LogP contribution is -2.45. The zero-order valence-electron chi connectivity index (χ0n) is 10.1. The van der Waals surface area contributed by atoms with Crippen LogP contribution in [0.3, 0.4) is 0 Å². The van der Waals surface area contributed by atoms with E-state index in [2.05, 4.69) is 21.8 Å². The quantitative estimate of drug-likeness (QED) is 0.567. The lowest BCUT2D eigenvalue weighted by atomic mass is 10.2. The van der Waals surface area contributed by atoms with E-state index in [1.165, 1.54) is 6.20 Å². The average Bonchev–Trinajstić information content (AvgIpc) is 2.30. The normalized spacial score (nSPS) is 17.2. The van der Waals surface area contributed by atoms with Gasteiger partial charge in [-0.05, 0) is 19.5 Å². The van der Waals surface area contributed by atoms with Crippen molar-refractivity contribution >= 4 is 11.5 Å². The minimum Gasteiger partial charge on any atom is -0.354 e. The second kappa shape index (κ2) is 4.67. The molecule has 1 aromatic heterocycles. The molecule has 0 N–H and O–H groups in total. The molecule has 6 nitrogen and oxygen atoms in total. The molecule has 0 aromatic carbocycles. The maximum atomic E-state index is 10.6. The molecule has 1 aromatic rings. The Kier molecular flexibility index (Phi) is 3.23. The predicted octanol–water partition coefficient (Wildman–Crippen LogP) is 1.05. The first-order chi connectivity index (χ1) is 8.08. The molecule has 0 atom stereocenters. The zero-order valence-corrected chi connectivity index (χ0v) is 10.1. The second-order valence-electron chi connectivity index (χ2n) is 4.38. The molecule has 0 bridgehead atoms. The molecule has 0 radical (unpaired) electrons. The van der Waals surface area contributed by atoms with E-state index in [1.54, 1.807) is 6.07 Å². The number of aromatic nitrogens is 1. The van der Waals surface area contributed by atoms with E-state index in [0.29, 0.717) is 0 Å². The van der Waals surface area contributed by atoms with Crippen LogP contribution in [0.2, 0.25) is 0 Å². The van der Waals surface area contributed by atoms with Crippen LogP contribution in [0.1, 0.15) is 5.56 Å². The van der Waals surface area contributed by atoms with Crippen molar-refractivity contribution in [1.82, 2.24) is 9.88 Å². The molecule has 2 heterocycles. The summed E-state index contributed by atoms with van der Waals surface area (Å²) in [5.74, 6) is 0.865. The standard InChI is InChI=1S/C11H16N4O2/c1-9-7-10(15(16)17)8-12-11(9)14-5-3-13(2)4-6-14/h7-8H,3-6H2,1-2H3. The molecule has 0 saturated carbocycles. The summed E-state index contributed by atoms with van der Waals surface area (Å²) < 4.78 is 0. The summed E-state index contributed by atoms with van der Waals surface area (Å²) in [6, 6.07) is 1.58. The van der Waals surface area contributed by atoms with Crippen LogP contribution in [-0.4, -0.2) is 48.0 Å². The third-order valence-electron chi connectivity index (χ3n) is 3.05. The molecular formula is C11H16N4O2. The predicted molar refractivity (Wildman–Crippen MR) is 65.3 cm³/mol. The molecule has 0 amide bonds. The van der Waals surface area contributed by atoms with E-state index >= 15 is 0 Å². The van der Waals surface area contributed by atoms with Crippen molar-refractivity contribution < 1.29 is 4.92 Å². The van der Waals surface area contributed by atoms with E-state index in [9.17, 15) is 10.1 Å². The highest BCUT2D eigenvalue weighted by atomic mass is 16.6. The van der Waals surface area contributed by atoms with E-state index in [0.717, 1.165) is 37.6 Å². The van der Waals surface area contributed by atoms with Gasteiger partial charge in [0, 0.05) is 32.2 Å². The Hall–Kier alpha value is -1.69. The van der Waals surface area contributed by atoms with Crippen molar-refractivity contribution in [2.24, 2.45) is 0 Å². The highest BCUT2D eigenvalue weighted by Gasteiger charge is 2.18. The third-order valence-corrected chi connectivity index (χ3v) is 3.05. The van der Waals surface area contributed by atoms with E-state index in [1.807, 2.05) is 6.92 Å². The van der Waals surface area contributed by atoms with Gasteiger partial charge >= 0.3 is 0 Å². The van der Waals surface area contributed by atoms with Crippen LogP contribution in [-0.2, 0) is 0 Å². The van der Waals surface area contributed by atoms with Crippen LogP contribution in [0.4, 0.5) is 11.5 Å². The third kappa shape index (κ3) is 2.52.